The van der Waals surface area contributed by atoms with E-state index < -0.39 is 0 Å². The Hall–Kier alpha value is -1.38. The van der Waals surface area contributed by atoms with Gasteiger partial charge in [0.15, 0.2) is 0 Å². The maximum absolute atomic E-state index is 11.2. The SMILES string of the molecule is CC(=O)CCCc1ccc[nH]c1=O. The van der Waals surface area contributed by atoms with Gasteiger partial charge in [-0.15, -0.1) is 0 Å². The molecule has 1 aromatic rings. The Balaban J connectivity index is 2.50. The van der Waals surface area contributed by atoms with Gasteiger partial charge in [0.25, 0.3) is 5.56 Å². The fourth-order valence-electron chi connectivity index (χ4n) is 1.18. The minimum Gasteiger partial charge on any atom is -0.329 e. The van der Waals surface area contributed by atoms with Crippen molar-refractivity contribution in [2.45, 2.75) is 26.2 Å². The normalized spacial score (nSPS) is 9.92. The van der Waals surface area contributed by atoms with Crippen LogP contribution in [0.4, 0.5) is 0 Å². The first kappa shape index (κ1) is 9.71. The van der Waals surface area contributed by atoms with E-state index >= 15 is 0 Å². The van der Waals surface area contributed by atoms with Crippen molar-refractivity contribution >= 4 is 5.78 Å². The molecule has 1 rings (SSSR count). The largest absolute Gasteiger partial charge is 0.329 e. The number of carbonyl (C=O) groups is 1. The quantitative estimate of drug-likeness (QED) is 0.757. The van der Waals surface area contributed by atoms with Gasteiger partial charge < -0.3 is 9.78 Å². The Morgan fingerprint density at radius 2 is 2.31 bits per heavy atom. The number of carbonyl (C=O) groups excluding carboxylic acids is 1. The molecule has 0 unspecified atom stereocenters. The molecule has 0 fully saturated rings. The van der Waals surface area contributed by atoms with E-state index in [1.165, 1.54) is 0 Å². The number of aryl methyl sites for hydroxylation is 1. The fourth-order valence-corrected chi connectivity index (χ4v) is 1.18. The monoisotopic (exact) mass is 179 g/mol. The van der Waals surface area contributed by atoms with Gasteiger partial charge in [0.1, 0.15) is 5.78 Å². The number of ketones is 1. The van der Waals surface area contributed by atoms with Crippen LogP contribution in [0.5, 0.6) is 0 Å². The van der Waals surface area contributed by atoms with Crippen molar-refractivity contribution in [2.24, 2.45) is 0 Å². The highest BCUT2D eigenvalue weighted by atomic mass is 16.1. The van der Waals surface area contributed by atoms with Crippen LogP contribution < -0.4 is 5.56 Å². The highest BCUT2D eigenvalue weighted by Gasteiger charge is 1.99. The number of pyridine rings is 1. The standard InChI is InChI=1S/C10H13NO2/c1-8(12)4-2-5-9-6-3-7-11-10(9)13/h3,6-7H,2,4-5H2,1H3,(H,11,13). The van der Waals surface area contributed by atoms with E-state index in [0.717, 1.165) is 12.0 Å². The van der Waals surface area contributed by atoms with Crippen molar-refractivity contribution in [1.29, 1.82) is 0 Å². The van der Waals surface area contributed by atoms with Gasteiger partial charge in [-0.25, -0.2) is 0 Å². The molecule has 0 atom stereocenters. The molecule has 1 N–H and O–H groups in total. The lowest BCUT2D eigenvalue weighted by atomic mass is 10.1. The van der Waals surface area contributed by atoms with Crippen molar-refractivity contribution < 1.29 is 4.79 Å². The minimum absolute atomic E-state index is 0.0500. The Morgan fingerprint density at radius 3 is 2.92 bits per heavy atom. The zero-order valence-electron chi connectivity index (χ0n) is 7.67. The molecule has 0 radical (unpaired) electrons. The third-order valence-corrected chi connectivity index (χ3v) is 1.87. The molecule has 0 bridgehead atoms. The third kappa shape index (κ3) is 3.23. The van der Waals surface area contributed by atoms with E-state index in [-0.39, 0.29) is 11.3 Å². The average Bonchev–Trinajstić information content (AvgIpc) is 2.08. The Morgan fingerprint density at radius 1 is 1.54 bits per heavy atom. The first-order valence-corrected chi connectivity index (χ1v) is 4.36. The molecule has 13 heavy (non-hydrogen) atoms. The summed E-state index contributed by atoms with van der Waals surface area (Å²) in [6, 6.07) is 3.59. The van der Waals surface area contributed by atoms with E-state index in [1.807, 2.05) is 0 Å². The van der Waals surface area contributed by atoms with Crippen molar-refractivity contribution in [3.05, 3.63) is 34.2 Å². The Kier molecular flexibility index (Phi) is 3.43. The second kappa shape index (κ2) is 4.60. The summed E-state index contributed by atoms with van der Waals surface area (Å²) in [4.78, 5) is 24.4. The molecule has 1 heterocycles. The van der Waals surface area contributed by atoms with Gasteiger partial charge in [-0.05, 0) is 25.8 Å². The summed E-state index contributed by atoms with van der Waals surface area (Å²) in [6.07, 6.45) is 3.59. The van der Waals surface area contributed by atoms with E-state index in [9.17, 15) is 9.59 Å². The highest BCUT2D eigenvalue weighted by molar-refractivity contribution is 5.75. The van der Waals surface area contributed by atoms with Crippen LogP contribution in [0.25, 0.3) is 0 Å². The Bertz CT molecular complexity index is 341. The number of hydrogen-bond donors (Lipinski definition) is 1. The van der Waals surface area contributed by atoms with Crippen LogP contribution in [0.15, 0.2) is 23.1 Å². The van der Waals surface area contributed by atoms with Crippen LogP contribution in [0, 0.1) is 0 Å². The molecule has 0 saturated heterocycles. The van der Waals surface area contributed by atoms with Crippen molar-refractivity contribution in [2.75, 3.05) is 0 Å². The smallest absolute Gasteiger partial charge is 0.251 e. The van der Waals surface area contributed by atoms with Crippen LogP contribution in [-0.2, 0) is 11.2 Å². The first-order valence-electron chi connectivity index (χ1n) is 4.36. The third-order valence-electron chi connectivity index (χ3n) is 1.87. The van der Waals surface area contributed by atoms with Gasteiger partial charge >= 0.3 is 0 Å². The van der Waals surface area contributed by atoms with E-state index in [1.54, 1.807) is 25.3 Å². The van der Waals surface area contributed by atoms with Crippen LogP contribution in [-0.4, -0.2) is 10.8 Å². The lowest BCUT2D eigenvalue weighted by molar-refractivity contribution is -0.117. The predicted molar refractivity (Wildman–Crippen MR) is 50.7 cm³/mol. The maximum atomic E-state index is 11.2. The second-order valence-corrected chi connectivity index (χ2v) is 3.08. The van der Waals surface area contributed by atoms with E-state index in [0.29, 0.717) is 12.8 Å². The maximum Gasteiger partial charge on any atom is 0.251 e. The Labute approximate surface area is 76.8 Å². The summed E-state index contributed by atoms with van der Waals surface area (Å²) in [5.74, 6) is 0.173. The van der Waals surface area contributed by atoms with Crippen LogP contribution >= 0.6 is 0 Å². The second-order valence-electron chi connectivity index (χ2n) is 3.08. The van der Waals surface area contributed by atoms with Crippen LogP contribution in [0.1, 0.15) is 25.3 Å². The van der Waals surface area contributed by atoms with Gasteiger partial charge in [0.05, 0.1) is 0 Å². The molecule has 0 aliphatic carbocycles. The van der Waals surface area contributed by atoms with Gasteiger partial charge in [0, 0.05) is 18.2 Å². The van der Waals surface area contributed by atoms with Gasteiger partial charge in [0.2, 0.25) is 0 Å². The zero-order chi connectivity index (χ0) is 9.68. The van der Waals surface area contributed by atoms with Crippen molar-refractivity contribution in [3.8, 4) is 0 Å². The minimum atomic E-state index is -0.0500. The van der Waals surface area contributed by atoms with Crippen molar-refractivity contribution in [1.82, 2.24) is 4.98 Å². The molecule has 3 heteroatoms. The molecule has 0 amide bonds. The lowest BCUT2D eigenvalue weighted by Gasteiger charge is -1.97. The number of aromatic nitrogens is 1. The topological polar surface area (TPSA) is 49.9 Å². The van der Waals surface area contributed by atoms with Gasteiger partial charge in [-0.2, -0.15) is 0 Å². The number of nitrogens with one attached hydrogen (secondary N) is 1. The molecular weight excluding hydrogens is 166 g/mol. The summed E-state index contributed by atoms with van der Waals surface area (Å²) < 4.78 is 0. The first-order chi connectivity index (χ1) is 6.20. The van der Waals surface area contributed by atoms with Gasteiger partial charge in [-0.1, -0.05) is 6.07 Å². The summed E-state index contributed by atoms with van der Waals surface area (Å²) in [7, 11) is 0. The highest BCUT2D eigenvalue weighted by Crippen LogP contribution is 1.99. The summed E-state index contributed by atoms with van der Waals surface area (Å²) in [5, 5.41) is 0. The number of aromatic amines is 1. The molecule has 0 spiro atoms. The predicted octanol–water partition coefficient (Wildman–Crippen LogP) is 1.29. The molecule has 3 nitrogen and oxygen atoms in total. The summed E-state index contributed by atoms with van der Waals surface area (Å²) >= 11 is 0. The molecule has 0 aliphatic heterocycles. The molecular formula is C10H13NO2. The van der Waals surface area contributed by atoms with Crippen molar-refractivity contribution in [3.63, 3.8) is 0 Å². The zero-order valence-corrected chi connectivity index (χ0v) is 7.67. The molecule has 1 aromatic heterocycles. The lowest BCUT2D eigenvalue weighted by Crippen LogP contribution is -2.11. The van der Waals surface area contributed by atoms with E-state index in [4.69, 9.17) is 0 Å². The van der Waals surface area contributed by atoms with Gasteiger partial charge in [-0.3, -0.25) is 4.79 Å². The number of rotatable bonds is 4. The summed E-state index contributed by atoms with van der Waals surface area (Å²) in [5.41, 5.74) is 0.704. The molecule has 70 valence electrons. The fraction of sp³-hybridized carbons (Fsp3) is 0.400. The molecule has 0 aliphatic rings. The number of Topliss-reactive ketones (excluding diaryl/α,β-unsaturated/α-hetero) is 1. The molecule has 0 saturated carbocycles. The van der Waals surface area contributed by atoms with Crippen LogP contribution in [0.2, 0.25) is 0 Å². The number of H-pyrrole nitrogens is 1. The van der Waals surface area contributed by atoms with Crippen LogP contribution in [0.3, 0.4) is 0 Å². The molecule has 0 aromatic carbocycles. The number of hydrogen-bond acceptors (Lipinski definition) is 2. The summed E-state index contributed by atoms with van der Waals surface area (Å²) in [6.45, 7) is 1.56. The van der Waals surface area contributed by atoms with E-state index in [2.05, 4.69) is 4.98 Å². The average molecular weight is 179 g/mol.